The Kier molecular flexibility index (Phi) is 3.89. The lowest BCUT2D eigenvalue weighted by atomic mass is 10.2. The van der Waals surface area contributed by atoms with Gasteiger partial charge in [-0.05, 0) is 20.3 Å². The molecule has 0 spiro atoms. The first-order chi connectivity index (χ1) is 6.61. The number of hydrogen-bond acceptors (Lipinski definition) is 3. The predicted molar refractivity (Wildman–Crippen MR) is 54.9 cm³/mol. The Morgan fingerprint density at radius 3 is 2.79 bits per heavy atom. The summed E-state index contributed by atoms with van der Waals surface area (Å²) in [5.41, 5.74) is 0. The van der Waals surface area contributed by atoms with E-state index in [0.29, 0.717) is 6.61 Å². The Morgan fingerprint density at radius 1 is 1.64 bits per heavy atom. The number of carbonyl (C=O) groups is 1. The van der Waals surface area contributed by atoms with Crippen LogP contribution in [0.25, 0.3) is 0 Å². The standard InChI is InChI=1S/C10H20N2O2/c1-5-9-11-8(3)10(13)12(9)7(2)6-14-4/h7-9,11H,5-6H2,1-4H3. The molecule has 1 amide bonds. The third-order valence-corrected chi connectivity index (χ3v) is 2.67. The van der Waals surface area contributed by atoms with Gasteiger partial charge in [-0.1, -0.05) is 6.92 Å². The lowest BCUT2D eigenvalue weighted by Crippen LogP contribution is -2.44. The van der Waals surface area contributed by atoms with Crippen LogP contribution in [-0.2, 0) is 9.53 Å². The maximum absolute atomic E-state index is 11.8. The van der Waals surface area contributed by atoms with Crippen molar-refractivity contribution >= 4 is 5.91 Å². The highest BCUT2D eigenvalue weighted by molar-refractivity contribution is 5.84. The summed E-state index contributed by atoms with van der Waals surface area (Å²) in [6.45, 7) is 6.60. The fourth-order valence-corrected chi connectivity index (χ4v) is 1.98. The monoisotopic (exact) mass is 200 g/mol. The van der Waals surface area contributed by atoms with Crippen molar-refractivity contribution in [2.75, 3.05) is 13.7 Å². The number of amides is 1. The summed E-state index contributed by atoms with van der Waals surface area (Å²) >= 11 is 0. The van der Waals surface area contributed by atoms with Gasteiger partial charge in [-0.3, -0.25) is 10.1 Å². The zero-order valence-electron chi connectivity index (χ0n) is 9.41. The van der Waals surface area contributed by atoms with Gasteiger partial charge in [-0.15, -0.1) is 0 Å². The largest absolute Gasteiger partial charge is 0.383 e. The van der Waals surface area contributed by atoms with E-state index >= 15 is 0 Å². The number of rotatable bonds is 4. The highest BCUT2D eigenvalue weighted by atomic mass is 16.5. The quantitative estimate of drug-likeness (QED) is 0.721. The normalized spacial score (nSPS) is 29.7. The van der Waals surface area contributed by atoms with Gasteiger partial charge in [-0.25, -0.2) is 0 Å². The lowest BCUT2D eigenvalue weighted by molar-refractivity contribution is -0.132. The zero-order chi connectivity index (χ0) is 10.7. The van der Waals surface area contributed by atoms with Crippen molar-refractivity contribution in [2.24, 2.45) is 0 Å². The Balaban J connectivity index is 2.68. The molecule has 0 aromatic carbocycles. The summed E-state index contributed by atoms with van der Waals surface area (Å²) in [7, 11) is 1.66. The SMILES string of the molecule is CCC1NC(C)C(=O)N1C(C)COC. The van der Waals surface area contributed by atoms with Crippen LogP contribution in [0.1, 0.15) is 27.2 Å². The summed E-state index contributed by atoms with van der Waals surface area (Å²) in [6.07, 6.45) is 1.10. The molecule has 1 rings (SSSR count). The van der Waals surface area contributed by atoms with Gasteiger partial charge in [0.1, 0.15) is 0 Å². The molecule has 3 atom stereocenters. The van der Waals surface area contributed by atoms with Crippen molar-refractivity contribution in [3.05, 3.63) is 0 Å². The van der Waals surface area contributed by atoms with Crippen LogP contribution < -0.4 is 5.32 Å². The summed E-state index contributed by atoms with van der Waals surface area (Å²) in [4.78, 5) is 13.7. The molecule has 4 nitrogen and oxygen atoms in total. The molecule has 0 aliphatic carbocycles. The highest BCUT2D eigenvalue weighted by Gasteiger charge is 2.37. The molecule has 1 aliphatic rings. The number of methoxy groups -OCH3 is 1. The predicted octanol–water partition coefficient (Wildman–Crippen LogP) is 0.578. The maximum atomic E-state index is 11.8. The molecule has 1 saturated heterocycles. The molecular formula is C10H20N2O2. The van der Waals surface area contributed by atoms with Crippen LogP contribution in [0.2, 0.25) is 0 Å². The molecule has 1 aliphatic heterocycles. The van der Waals surface area contributed by atoms with E-state index < -0.39 is 0 Å². The molecule has 0 bridgehead atoms. The molecule has 0 aromatic heterocycles. The molecule has 4 heteroatoms. The Hall–Kier alpha value is -0.610. The van der Waals surface area contributed by atoms with E-state index in [-0.39, 0.29) is 24.2 Å². The summed E-state index contributed by atoms with van der Waals surface area (Å²) in [6, 6.07) is 0.0918. The van der Waals surface area contributed by atoms with Gasteiger partial charge in [-0.2, -0.15) is 0 Å². The Labute approximate surface area is 85.6 Å². The number of carbonyl (C=O) groups excluding carboxylic acids is 1. The van der Waals surface area contributed by atoms with Gasteiger partial charge in [0.2, 0.25) is 5.91 Å². The van der Waals surface area contributed by atoms with E-state index in [1.165, 1.54) is 0 Å². The third kappa shape index (κ3) is 2.07. The maximum Gasteiger partial charge on any atom is 0.241 e. The van der Waals surface area contributed by atoms with E-state index in [1.54, 1.807) is 7.11 Å². The third-order valence-electron chi connectivity index (χ3n) is 2.67. The van der Waals surface area contributed by atoms with Crippen LogP contribution >= 0.6 is 0 Å². The summed E-state index contributed by atoms with van der Waals surface area (Å²) in [5, 5.41) is 3.26. The van der Waals surface area contributed by atoms with Gasteiger partial charge in [0, 0.05) is 7.11 Å². The molecular weight excluding hydrogens is 180 g/mol. The van der Waals surface area contributed by atoms with E-state index in [2.05, 4.69) is 12.2 Å². The van der Waals surface area contributed by atoms with Crippen LogP contribution in [0.5, 0.6) is 0 Å². The molecule has 1 heterocycles. The van der Waals surface area contributed by atoms with Gasteiger partial charge in [0.15, 0.2) is 0 Å². The number of ether oxygens (including phenoxy) is 1. The molecule has 14 heavy (non-hydrogen) atoms. The van der Waals surface area contributed by atoms with Crippen molar-refractivity contribution in [1.29, 1.82) is 0 Å². The number of hydrogen-bond donors (Lipinski definition) is 1. The van der Waals surface area contributed by atoms with Crippen molar-refractivity contribution in [2.45, 2.75) is 45.4 Å². The number of nitrogens with one attached hydrogen (secondary N) is 1. The van der Waals surface area contributed by atoms with E-state index in [1.807, 2.05) is 18.7 Å². The van der Waals surface area contributed by atoms with E-state index in [9.17, 15) is 4.79 Å². The van der Waals surface area contributed by atoms with Crippen molar-refractivity contribution in [3.63, 3.8) is 0 Å². The van der Waals surface area contributed by atoms with Crippen molar-refractivity contribution in [1.82, 2.24) is 10.2 Å². The number of nitrogens with zero attached hydrogens (tertiary/aromatic N) is 1. The second kappa shape index (κ2) is 4.75. The van der Waals surface area contributed by atoms with Gasteiger partial charge in [0.25, 0.3) is 0 Å². The average molecular weight is 200 g/mol. The first-order valence-corrected chi connectivity index (χ1v) is 5.19. The van der Waals surface area contributed by atoms with Gasteiger partial charge < -0.3 is 9.64 Å². The minimum absolute atomic E-state index is 0.0562. The first kappa shape index (κ1) is 11.5. The first-order valence-electron chi connectivity index (χ1n) is 5.19. The van der Waals surface area contributed by atoms with Crippen molar-refractivity contribution < 1.29 is 9.53 Å². The molecule has 82 valence electrons. The van der Waals surface area contributed by atoms with Crippen molar-refractivity contribution in [3.8, 4) is 0 Å². The topological polar surface area (TPSA) is 41.6 Å². The minimum atomic E-state index is -0.0562. The molecule has 0 saturated carbocycles. The van der Waals surface area contributed by atoms with Crippen LogP contribution in [-0.4, -0.2) is 42.8 Å². The Morgan fingerprint density at radius 2 is 2.29 bits per heavy atom. The van der Waals surface area contributed by atoms with Crippen LogP contribution in [0.15, 0.2) is 0 Å². The highest BCUT2D eigenvalue weighted by Crippen LogP contribution is 2.16. The fraction of sp³-hybridized carbons (Fsp3) is 0.900. The zero-order valence-corrected chi connectivity index (χ0v) is 9.41. The van der Waals surface area contributed by atoms with Crippen LogP contribution in [0, 0.1) is 0 Å². The minimum Gasteiger partial charge on any atom is -0.383 e. The molecule has 0 aromatic rings. The summed E-state index contributed by atoms with van der Waals surface area (Å²) < 4.78 is 5.07. The molecule has 1 N–H and O–H groups in total. The second-order valence-electron chi connectivity index (χ2n) is 3.86. The smallest absolute Gasteiger partial charge is 0.241 e. The molecule has 0 radical (unpaired) electrons. The van der Waals surface area contributed by atoms with Gasteiger partial charge >= 0.3 is 0 Å². The van der Waals surface area contributed by atoms with Crippen LogP contribution in [0.3, 0.4) is 0 Å². The molecule has 1 fully saturated rings. The fourth-order valence-electron chi connectivity index (χ4n) is 1.98. The van der Waals surface area contributed by atoms with Crippen LogP contribution in [0.4, 0.5) is 0 Å². The van der Waals surface area contributed by atoms with Gasteiger partial charge in [0.05, 0.1) is 24.9 Å². The lowest BCUT2D eigenvalue weighted by Gasteiger charge is -2.29. The summed E-state index contributed by atoms with van der Waals surface area (Å²) in [5.74, 6) is 0.182. The average Bonchev–Trinajstić information content (AvgIpc) is 2.43. The van der Waals surface area contributed by atoms with E-state index in [0.717, 1.165) is 6.42 Å². The second-order valence-corrected chi connectivity index (χ2v) is 3.86. The molecule has 3 unspecified atom stereocenters. The Bertz CT molecular complexity index is 208. The van der Waals surface area contributed by atoms with E-state index in [4.69, 9.17) is 4.74 Å².